The van der Waals surface area contributed by atoms with Crippen LogP contribution in [0.2, 0.25) is 5.02 Å². The van der Waals surface area contributed by atoms with E-state index in [9.17, 15) is 4.79 Å². The standard InChI is InChI=1S/C20H24ClN3O3/c1-14-12-15(21)4-6-18(14)23-8-10-24(11-9-23)20(25)22-17-13-16(26-2)5-7-19(17)27-3/h4-7,12-13H,8-11H2,1-3H3,(H,22,25). The number of anilines is 2. The second kappa shape index (κ2) is 8.39. The summed E-state index contributed by atoms with van der Waals surface area (Å²) in [5.41, 5.74) is 2.90. The smallest absolute Gasteiger partial charge is 0.322 e. The lowest BCUT2D eigenvalue weighted by Gasteiger charge is -2.36. The summed E-state index contributed by atoms with van der Waals surface area (Å²) in [5, 5.41) is 3.66. The average molecular weight is 390 g/mol. The fraction of sp³-hybridized carbons (Fsp3) is 0.350. The van der Waals surface area contributed by atoms with Crippen molar-refractivity contribution in [2.24, 2.45) is 0 Å². The van der Waals surface area contributed by atoms with E-state index in [1.54, 1.807) is 37.3 Å². The maximum Gasteiger partial charge on any atom is 0.322 e. The number of rotatable bonds is 4. The summed E-state index contributed by atoms with van der Waals surface area (Å²) >= 11 is 6.05. The third kappa shape index (κ3) is 4.39. The third-order valence-corrected chi connectivity index (χ3v) is 4.95. The van der Waals surface area contributed by atoms with Gasteiger partial charge in [-0.1, -0.05) is 11.6 Å². The van der Waals surface area contributed by atoms with Gasteiger partial charge in [-0.15, -0.1) is 0 Å². The Bertz CT molecular complexity index is 820. The molecule has 1 aliphatic rings. The van der Waals surface area contributed by atoms with E-state index in [0.29, 0.717) is 30.3 Å². The number of ether oxygens (including phenoxy) is 2. The van der Waals surface area contributed by atoms with Crippen LogP contribution in [0.5, 0.6) is 11.5 Å². The van der Waals surface area contributed by atoms with Gasteiger partial charge >= 0.3 is 6.03 Å². The van der Waals surface area contributed by atoms with Gasteiger partial charge in [0.25, 0.3) is 0 Å². The van der Waals surface area contributed by atoms with Crippen LogP contribution in [0.4, 0.5) is 16.2 Å². The third-order valence-electron chi connectivity index (χ3n) is 4.71. The van der Waals surface area contributed by atoms with E-state index >= 15 is 0 Å². The zero-order valence-corrected chi connectivity index (χ0v) is 16.5. The molecule has 2 amide bonds. The molecule has 1 fully saturated rings. The van der Waals surface area contributed by atoms with E-state index in [0.717, 1.165) is 29.4 Å². The van der Waals surface area contributed by atoms with Gasteiger partial charge in [-0.2, -0.15) is 0 Å². The van der Waals surface area contributed by atoms with Gasteiger partial charge in [0.05, 0.1) is 19.9 Å². The first-order valence-corrected chi connectivity index (χ1v) is 9.18. The normalized spacial score (nSPS) is 14.1. The highest BCUT2D eigenvalue weighted by Gasteiger charge is 2.23. The SMILES string of the molecule is COc1ccc(OC)c(NC(=O)N2CCN(c3ccc(Cl)cc3C)CC2)c1. The number of hydrogen-bond donors (Lipinski definition) is 1. The van der Waals surface area contributed by atoms with Gasteiger partial charge in [-0.05, 0) is 42.8 Å². The topological polar surface area (TPSA) is 54.0 Å². The number of piperazine rings is 1. The second-order valence-electron chi connectivity index (χ2n) is 6.40. The lowest BCUT2D eigenvalue weighted by molar-refractivity contribution is 0.208. The van der Waals surface area contributed by atoms with E-state index in [-0.39, 0.29) is 6.03 Å². The predicted molar refractivity (Wildman–Crippen MR) is 109 cm³/mol. The molecule has 0 aliphatic carbocycles. The van der Waals surface area contributed by atoms with Gasteiger partial charge in [0.2, 0.25) is 0 Å². The molecule has 0 bridgehead atoms. The van der Waals surface area contributed by atoms with Crippen molar-refractivity contribution in [1.29, 1.82) is 0 Å². The summed E-state index contributed by atoms with van der Waals surface area (Å²) in [7, 11) is 3.16. The van der Waals surface area contributed by atoms with Crippen molar-refractivity contribution in [1.82, 2.24) is 4.90 Å². The highest BCUT2D eigenvalue weighted by molar-refractivity contribution is 6.30. The van der Waals surface area contributed by atoms with Crippen LogP contribution in [0.15, 0.2) is 36.4 Å². The van der Waals surface area contributed by atoms with Gasteiger partial charge < -0.3 is 24.6 Å². The van der Waals surface area contributed by atoms with E-state index in [4.69, 9.17) is 21.1 Å². The van der Waals surface area contributed by atoms with Crippen LogP contribution in [-0.2, 0) is 0 Å². The first-order valence-electron chi connectivity index (χ1n) is 8.81. The molecule has 0 unspecified atom stereocenters. The predicted octanol–water partition coefficient (Wildman–Crippen LogP) is 4.02. The highest BCUT2D eigenvalue weighted by atomic mass is 35.5. The van der Waals surface area contributed by atoms with Crippen LogP contribution in [-0.4, -0.2) is 51.3 Å². The minimum Gasteiger partial charge on any atom is -0.497 e. The number of halogens is 1. The van der Waals surface area contributed by atoms with Crippen molar-refractivity contribution < 1.29 is 14.3 Å². The Hall–Kier alpha value is -2.60. The number of carbonyl (C=O) groups is 1. The van der Waals surface area contributed by atoms with Crippen molar-refractivity contribution in [2.45, 2.75) is 6.92 Å². The number of aryl methyl sites for hydroxylation is 1. The summed E-state index contributed by atoms with van der Waals surface area (Å²) in [4.78, 5) is 16.8. The number of nitrogens with one attached hydrogen (secondary N) is 1. The van der Waals surface area contributed by atoms with Gasteiger partial charge in [-0.25, -0.2) is 4.79 Å². The Labute approximate surface area is 164 Å². The summed E-state index contributed by atoms with van der Waals surface area (Å²) < 4.78 is 10.6. The maximum atomic E-state index is 12.7. The van der Waals surface area contributed by atoms with Crippen LogP contribution in [0.3, 0.4) is 0 Å². The lowest BCUT2D eigenvalue weighted by Crippen LogP contribution is -2.50. The second-order valence-corrected chi connectivity index (χ2v) is 6.84. The molecule has 2 aromatic carbocycles. The van der Waals surface area contributed by atoms with Crippen LogP contribution in [0.1, 0.15) is 5.56 Å². The number of carbonyl (C=O) groups excluding carboxylic acids is 1. The summed E-state index contributed by atoms with van der Waals surface area (Å²) in [6.45, 7) is 4.87. The number of nitrogens with zero attached hydrogens (tertiary/aromatic N) is 2. The van der Waals surface area contributed by atoms with E-state index in [1.807, 2.05) is 18.2 Å². The van der Waals surface area contributed by atoms with Crippen molar-refractivity contribution in [3.63, 3.8) is 0 Å². The first-order chi connectivity index (χ1) is 13.0. The number of benzene rings is 2. The number of urea groups is 1. The number of hydrogen-bond acceptors (Lipinski definition) is 4. The minimum atomic E-state index is -0.144. The van der Waals surface area contributed by atoms with E-state index in [2.05, 4.69) is 17.1 Å². The van der Waals surface area contributed by atoms with Crippen LogP contribution >= 0.6 is 11.6 Å². The zero-order valence-electron chi connectivity index (χ0n) is 15.8. The molecule has 0 atom stereocenters. The maximum absolute atomic E-state index is 12.7. The lowest BCUT2D eigenvalue weighted by atomic mass is 10.1. The number of methoxy groups -OCH3 is 2. The van der Waals surface area contributed by atoms with Gasteiger partial charge in [-0.3, -0.25) is 0 Å². The largest absolute Gasteiger partial charge is 0.497 e. The first kappa shape index (κ1) is 19.2. The Morgan fingerprint density at radius 2 is 1.78 bits per heavy atom. The molecule has 3 rings (SSSR count). The Balaban J connectivity index is 1.63. The average Bonchev–Trinajstić information content (AvgIpc) is 2.68. The van der Waals surface area contributed by atoms with E-state index < -0.39 is 0 Å². The molecular formula is C20H24ClN3O3. The van der Waals surface area contributed by atoms with Gasteiger partial charge in [0.1, 0.15) is 11.5 Å². The summed E-state index contributed by atoms with van der Waals surface area (Å²) in [6.07, 6.45) is 0. The molecule has 1 saturated heterocycles. The fourth-order valence-corrected chi connectivity index (χ4v) is 3.46. The minimum absolute atomic E-state index is 0.144. The Morgan fingerprint density at radius 1 is 1.04 bits per heavy atom. The molecule has 0 aromatic heterocycles. The molecule has 2 aromatic rings. The molecule has 144 valence electrons. The molecule has 0 radical (unpaired) electrons. The quantitative estimate of drug-likeness (QED) is 0.858. The molecule has 1 heterocycles. The molecule has 7 heteroatoms. The van der Waals surface area contributed by atoms with Crippen LogP contribution in [0, 0.1) is 6.92 Å². The molecule has 0 saturated carbocycles. The van der Waals surface area contributed by atoms with Crippen molar-refractivity contribution in [3.05, 3.63) is 47.0 Å². The van der Waals surface area contributed by atoms with Crippen molar-refractivity contribution in [2.75, 3.05) is 50.6 Å². The monoisotopic (exact) mass is 389 g/mol. The molecule has 1 N–H and O–H groups in total. The summed E-state index contributed by atoms with van der Waals surface area (Å²) in [5.74, 6) is 1.26. The fourth-order valence-electron chi connectivity index (χ4n) is 3.23. The highest BCUT2D eigenvalue weighted by Crippen LogP contribution is 2.29. The number of amides is 2. The molecule has 6 nitrogen and oxygen atoms in total. The Kier molecular flexibility index (Phi) is 5.96. The van der Waals surface area contributed by atoms with E-state index in [1.165, 1.54) is 0 Å². The molecule has 27 heavy (non-hydrogen) atoms. The summed E-state index contributed by atoms with van der Waals surface area (Å²) in [6, 6.07) is 11.1. The van der Waals surface area contributed by atoms with Gasteiger partial charge in [0.15, 0.2) is 0 Å². The molecule has 1 aliphatic heterocycles. The zero-order chi connectivity index (χ0) is 19.4. The van der Waals surface area contributed by atoms with Crippen molar-refractivity contribution in [3.8, 4) is 11.5 Å². The van der Waals surface area contributed by atoms with Crippen LogP contribution < -0.4 is 19.7 Å². The molecular weight excluding hydrogens is 366 g/mol. The van der Waals surface area contributed by atoms with Crippen molar-refractivity contribution >= 4 is 29.0 Å². The molecule has 0 spiro atoms. The van der Waals surface area contributed by atoms with Gasteiger partial charge in [0, 0.05) is 43.0 Å². The van der Waals surface area contributed by atoms with Crippen LogP contribution in [0.25, 0.3) is 0 Å². The Morgan fingerprint density at radius 3 is 2.41 bits per heavy atom.